The Labute approximate surface area is 123 Å². The van der Waals surface area contributed by atoms with Crippen molar-refractivity contribution in [3.8, 4) is 0 Å². The average Bonchev–Trinajstić information content (AvgIpc) is 2.45. The van der Waals surface area contributed by atoms with Gasteiger partial charge in [0.25, 0.3) is 0 Å². The molecule has 1 saturated heterocycles. The molecular weight excluding hydrogens is 246 g/mol. The highest BCUT2D eigenvalue weighted by Crippen LogP contribution is 2.31. The summed E-state index contributed by atoms with van der Waals surface area (Å²) in [4.78, 5) is 4.73. The molecule has 3 nitrogen and oxygen atoms in total. The molecule has 2 N–H and O–H groups in total. The molecule has 1 aliphatic rings. The first-order valence-electron chi connectivity index (χ1n) is 7.77. The van der Waals surface area contributed by atoms with Crippen LogP contribution in [0, 0.1) is 5.92 Å². The van der Waals surface area contributed by atoms with Gasteiger partial charge in [0.15, 0.2) is 0 Å². The highest BCUT2D eigenvalue weighted by atomic mass is 15.2. The van der Waals surface area contributed by atoms with Gasteiger partial charge >= 0.3 is 0 Å². The number of hydrogen-bond donors (Lipinski definition) is 1. The van der Waals surface area contributed by atoms with Crippen LogP contribution in [0.4, 0.5) is 5.69 Å². The molecule has 1 aromatic rings. The zero-order chi connectivity index (χ0) is 14.7. The molecule has 0 amide bonds. The molecule has 112 valence electrons. The quantitative estimate of drug-likeness (QED) is 0.917. The molecule has 3 unspecified atom stereocenters. The van der Waals surface area contributed by atoms with E-state index in [1.807, 2.05) is 0 Å². The van der Waals surface area contributed by atoms with E-state index in [1.165, 1.54) is 30.6 Å². The van der Waals surface area contributed by atoms with E-state index in [0.717, 1.165) is 5.92 Å². The van der Waals surface area contributed by atoms with Gasteiger partial charge in [-0.15, -0.1) is 0 Å². The Morgan fingerprint density at radius 2 is 1.90 bits per heavy atom. The lowest BCUT2D eigenvalue weighted by Gasteiger charge is -2.42. The molecule has 0 aromatic heterocycles. The van der Waals surface area contributed by atoms with Gasteiger partial charge in [-0.1, -0.05) is 19.1 Å². The summed E-state index contributed by atoms with van der Waals surface area (Å²) in [6.45, 7) is 6.57. The van der Waals surface area contributed by atoms with Crippen molar-refractivity contribution >= 4 is 5.69 Å². The van der Waals surface area contributed by atoms with Crippen LogP contribution < -0.4 is 10.6 Å². The summed E-state index contributed by atoms with van der Waals surface area (Å²) >= 11 is 0. The van der Waals surface area contributed by atoms with Crippen LogP contribution in [0.5, 0.6) is 0 Å². The summed E-state index contributed by atoms with van der Waals surface area (Å²) in [5, 5.41) is 0. The summed E-state index contributed by atoms with van der Waals surface area (Å²) in [6.07, 6.45) is 2.63. The van der Waals surface area contributed by atoms with E-state index in [9.17, 15) is 0 Å². The second-order valence-electron chi connectivity index (χ2n) is 6.34. The molecule has 3 heteroatoms. The lowest BCUT2D eigenvalue weighted by atomic mass is 9.89. The maximum absolute atomic E-state index is 6.09. The zero-order valence-electron chi connectivity index (χ0n) is 13.3. The van der Waals surface area contributed by atoms with E-state index in [4.69, 9.17) is 5.73 Å². The minimum Gasteiger partial charge on any atom is -0.378 e. The predicted octanol–water partition coefficient (Wildman–Crippen LogP) is 2.87. The summed E-state index contributed by atoms with van der Waals surface area (Å²) < 4.78 is 0. The van der Waals surface area contributed by atoms with Gasteiger partial charge < -0.3 is 10.6 Å². The summed E-state index contributed by atoms with van der Waals surface area (Å²) in [6, 6.07) is 9.82. The van der Waals surface area contributed by atoms with Gasteiger partial charge in [-0.05, 0) is 49.9 Å². The molecule has 1 heterocycles. The van der Waals surface area contributed by atoms with Crippen LogP contribution in [0.1, 0.15) is 38.3 Å². The second-order valence-corrected chi connectivity index (χ2v) is 6.34. The standard InChI is InChI=1S/C17H29N3/c1-13-6-5-11-20(14(13)2)17(12-18)15-7-9-16(10-8-15)19(3)4/h7-10,13-14,17H,5-6,11-12,18H2,1-4H3. The fraction of sp³-hybridized carbons (Fsp3) is 0.647. The fourth-order valence-corrected chi connectivity index (χ4v) is 3.26. The van der Waals surface area contributed by atoms with Gasteiger partial charge in [0, 0.05) is 38.4 Å². The maximum atomic E-state index is 6.09. The van der Waals surface area contributed by atoms with E-state index in [2.05, 4.69) is 62.0 Å². The normalized spacial score (nSPS) is 25.4. The number of benzene rings is 1. The van der Waals surface area contributed by atoms with Crippen molar-refractivity contribution in [3.05, 3.63) is 29.8 Å². The molecule has 0 spiro atoms. The number of likely N-dealkylation sites (tertiary alicyclic amines) is 1. The van der Waals surface area contributed by atoms with Crippen molar-refractivity contribution < 1.29 is 0 Å². The summed E-state index contributed by atoms with van der Waals surface area (Å²) in [5.74, 6) is 0.763. The largest absolute Gasteiger partial charge is 0.378 e. The Bertz CT molecular complexity index is 413. The SMILES string of the molecule is CC1CCCN(C(CN)c2ccc(N(C)C)cc2)C1C. The number of nitrogens with two attached hydrogens (primary N) is 1. The average molecular weight is 275 g/mol. The molecule has 20 heavy (non-hydrogen) atoms. The molecule has 1 aliphatic heterocycles. The van der Waals surface area contributed by atoms with Crippen LogP contribution in [0.15, 0.2) is 24.3 Å². The first kappa shape index (κ1) is 15.3. The highest BCUT2D eigenvalue weighted by Gasteiger charge is 2.30. The first-order valence-corrected chi connectivity index (χ1v) is 7.77. The number of nitrogens with zero attached hydrogens (tertiary/aromatic N) is 2. The predicted molar refractivity (Wildman–Crippen MR) is 87.1 cm³/mol. The monoisotopic (exact) mass is 275 g/mol. The van der Waals surface area contributed by atoms with Crippen molar-refractivity contribution in [2.75, 3.05) is 32.1 Å². The van der Waals surface area contributed by atoms with Crippen molar-refractivity contribution in [2.45, 2.75) is 38.8 Å². The second kappa shape index (κ2) is 6.59. The van der Waals surface area contributed by atoms with Crippen LogP contribution in [0.25, 0.3) is 0 Å². The Balaban J connectivity index is 2.18. The third-order valence-electron chi connectivity index (χ3n) is 4.84. The molecule has 0 aliphatic carbocycles. The molecular formula is C17H29N3. The van der Waals surface area contributed by atoms with Crippen LogP contribution in [0.3, 0.4) is 0 Å². The van der Waals surface area contributed by atoms with Crippen LogP contribution in [0.2, 0.25) is 0 Å². The number of piperidine rings is 1. The van der Waals surface area contributed by atoms with Crippen LogP contribution >= 0.6 is 0 Å². The third kappa shape index (κ3) is 3.15. The van der Waals surface area contributed by atoms with Gasteiger partial charge in [-0.2, -0.15) is 0 Å². The minimum atomic E-state index is 0.351. The minimum absolute atomic E-state index is 0.351. The maximum Gasteiger partial charge on any atom is 0.0473 e. The van der Waals surface area contributed by atoms with E-state index < -0.39 is 0 Å². The van der Waals surface area contributed by atoms with Gasteiger partial charge in [0.2, 0.25) is 0 Å². The van der Waals surface area contributed by atoms with Crippen molar-refractivity contribution in [2.24, 2.45) is 11.7 Å². The Hall–Kier alpha value is -1.06. The third-order valence-corrected chi connectivity index (χ3v) is 4.84. The number of hydrogen-bond acceptors (Lipinski definition) is 3. The molecule has 1 fully saturated rings. The summed E-state index contributed by atoms with van der Waals surface area (Å²) in [5.41, 5.74) is 8.68. The zero-order valence-corrected chi connectivity index (χ0v) is 13.3. The first-order chi connectivity index (χ1) is 9.54. The van der Waals surface area contributed by atoms with E-state index in [0.29, 0.717) is 18.6 Å². The number of anilines is 1. The Morgan fingerprint density at radius 1 is 1.25 bits per heavy atom. The van der Waals surface area contributed by atoms with Gasteiger partial charge in [0.05, 0.1) is 0 Å². The highest BCUT2D eigenvalue weighted by molar-refractivity contribution is 5.46. The van der Waals surface area contributed by atoms with E-state index >= 15 is 0 Å². The van der Waals surface area contributed by atoms with Crippen LogP contribution in [-0.4, -0.2) is 38.1 Å². The molecule has 0 bridgehead atoms. The van der Waals surface area contributed by atoms with Gasteiger partial charge in [-0.3, -0.25) is 4.90 Å². The fourth-order valence-electron chi connectivity index (χ4n) is 3.26. The van der Waals surface area contributed by atoms with E-state index in [-0.39, 0.29) is 0 Å². The van der Waals surface area contributed by atoms with Crippen molar-refractivity contribution in [3.63, 3.8) is 0 Å². The summed E-state index contributed by atoms with van der Waals surface area (Å²) in [7, 11) is 4.15. The van der Waals surface area contributed by atoms with Gasteiger partial charge in [-0.25, -0.2) is 0 Å². The lowest BCUT2D eigenvalue weighted by molar-refractivity contribution is 0.0710. The Morgan fingerprint density at radius 3 is 2.45 bits per heavy atom. The number of rotatable bonds is 4. The van der Waals surface area contributed by atoms with Gasteiger partial charge in [0.1, 0.15) is 0 Å². The molecule has 2 rings (SSSR count). The van der Waals surface area contributed by atoms with Crippen molar-refractivity contribution in [1.82, 2.24) is 4.90 Å². The van der Waals surface area contributed by atoms with Crippen LogP contribution in [-0.2, 0) is 0 Å². The van der Waals surface area contributed by atoms with E-state index in [1.54, 1.807) is 0 Å². The lowest BCUT2D eigenvalue weighted by Crippen LogP contribution is -2.46. The van der Waals surface area contributed by atoms with Crippen molar-refractivity contribution in [1.29, 1.82) is 0 Å². The smallest absolute Gasteiger partial charge is 0.0473 e. The molecule has 0 radical (unpaired) electrons. The molecule has 3 atom stereocenters. The molecule has 0 saturated carbocycles. The molecule has 1 aromatic carbocycles. The Kier molecular flexibility index (Phi) is 5.06. The topological polar surface area (TPSA) is 32.5 Å².